The summed E-state index contributed by atoms with van der Waals surface area (Å²) in [5.41, 5.74) is 2.31. The Morgan fingerprint density at radius 1 is 0.913 bits per heavy atom. The molecule has 1 heterocycles. The fraction of sp³-hybridized carbons (Fsp3) is 0.0588. The Morgan fingerprint density at radius 2 is 1.65 bits per heavy atom. The second-order valence-corrected chi connectivity index (χ2v) is 5.90. The van der Waals surface area contributed by atoms with Gasteiger partial charge in [-0.2, -0.15) is 4.98 Å². The predicted molar refractivity (Wildman–Crippen MR) is 93.9 cm³/mol. The number of benzene rings is 2. The van der Waals surface area contributed by atoms with Gasteiger partial charge in [0.05, 0.1) is 0 Å². The van der Waals surface area contributed by atoms with E-state index in [4.69, 9.17) is 0 Å². The van der Waals surface area contributed by atoms with Gasteiger partial charge in [0.25, 0.3) is 0 Å². The molecule has 0 fully saturated rings. The average Bonchev–Trinajstić information content (AvgIpc) is 2.46. The number of nitrogens with zero attached hydrogens (tertiary/aromatic N) is 2. The normalized spacial score (nSPS) is 10.4. The second kappa shape index (κ2) is 6.75. The zero-order chi connectivity index (χ0) is 16.2. The molecule has 0 saturated carbocycles. The summed E-state index contributed by atoms with van der Waals surface area (Å²) in [6.07, 6.45) is 0. The van der Waals surface area contributed by atoms with Crippen LogP contribution in [0.3, 0.4) is 0 Å². The van der Waals surface area contributed by atoms with Gasteiger partial charge in [0.2, 0.25) is 5.95 Å². The van der Waals surface area contributed by atoms with Gasteiger partial charge < -0.3 is 10.6 Å². The molecule has 0 spiro atoms. The molecule has 116 valence electrons. The third kappa shape index (κ3) is 4.26. The standard InChI is InChI=1S/C17H14BrFN4/c1-11-8-16(21-15-7-3-5-13(19)10-15)23-17(20-11)22-14-6-2-4-12(18)9-14/h2-10H,1H3,(H2,20,21,22,23). The minimum Gasteiger partial charge on any atom is -0.340 e. The fourth-order valence-corrected chi connectivity index (χ4v) is 2.50. The number of hydrogen-bond donors (Lipinski definition) is 2. The molecular formula is C17H14BrFN4. The molecule has 0 saturated heterocycles. The van der Waals surface area contributed by atoms with Gasteiger partial charge in [-0.05, 0) is 43.3 Å². The SMILES string of the molecule is Cc1cc(Nc2cccc(F)c2)nc(Nc2cccc(Br)c2)n1. The lowest BCUT2D eigenvalue weighted by atomic mass is 10.3. The molecule has 2 aromatic carbocycles. The Morgan fingerprint density at radius 3 is 2.39 bits per heavy atom. The Hall–Kier alpha value is -2.47. The smallest absolute Gasteiger partial charge is 0.229 e. The summed E-state index contributed by atoms with van der Waals surface area (Å²) in [5, 5.41) is 6.24. The predicted octanol–water partition coefficient (Wildman–Crippen LogP) is 5.17. The zero-order valence-electron chi connectivity index (χ0n) is 12.3. The summed E-state index contributed by atoms with van der Waals surface area (Å²) in [5.74, 6) is 0.774. The first kappa shape index (κ1) is 15.4. The molecule has 4 nitrogen and oxygen atoms in total. The van der Waals surface area contributed by atoms with Crippen molar-refractivity contribution in [2.75, 3.05) is 10.6 Å². The van der Waals surface area contributed by atoms with Crippen molar-refractivity contribution in [3.63, 3.8) is 0 Å². The van der Waals surface area contributed by atoms with Crippen LogP contribution in [0.4, 0.5) is 27.5 Å². The van der Waals surface area contributed by atoms with E-state index in [9.17, 15) is 4.39 Å². The van der Waals surface area contributed by atoms with Crippen LogP contribution in [0, 0.1) is 12.7 Å². The van der Waals surface area contributed by atoms with Crippen LogP contribution in [0.5, 0.6) is 0 Å². The maximum absolute atomic E-state index is 13.3. The summed E-state index contributed by atoms with van der Waals surface area (Å²) < 4.78 is 14.2. The maximum Gasteiger partial charge on any atom is 0.229 e. The van der Waals surface area contributed by atoms with E-state index in [1.807, 2.05) is 31.2 Å². The molecule has 6 heteroatoms. The first-order valence-corrected chi connectivity index (χ1v) is 7.79. The molecule has 0 aliphatic rings. The first-order chi connectivity index (χ1) is 11.1. The summed E-state index contributed by atoms with van der Waals surface area (Å²) in [6.45, 7) is 1.88. The van der Waals surface area contributed by atoms with E-state index in [1.54, 1.807) is 18.2 Å². The molecule has 0 aliphatic heterocycles. The lowest BCUT2D eigenvalue weighted by molar-refractivity contribution is 0.628. The average molecular weight is 373 g/mol. The van der Waals surface area contributed by atoms with Crippen LogP contribution < -0.4 is 10.6 Å². The van der Waals surface area contributed by atoms with Crippen LogP contribution in [0.1, 0.15) is 5.69 Å². The van der Waals surface area contributed by atoms with Gasteiger partial charge in [0.1, 0.15) is 11.6 Å². The van der Waals surface area contributed by atoms with E-state index in [-0.39, 0.29) is 5.82 Å². The van der Waals surface area contributed by atoms with Crippen LogP contribution >= 0.6 is 15.9 Å². The highest BCUT2D eigenvalue weighted by molar-refractivity contribution is 9.10. The van der Waals surface area contributed by atoms with Gasteiger partial charge in [0.15, 0.2) is 0 Å². The topological polar surface area (TPSA) is 49.8 Å². The van der Waals surface area contributed by atoms with Gasteiger partial charge in [-0.25, -0.2) is 9.37 Å². The molecular weight excluding hydrogens is 359 g/mol. The number of anilines is 4. The molecule has 1 aromatic heterocycles. The molecule has 0 aliphatic carbocycles. The van der Waals surface area contributed by atoms with Crippen LogP contribution in [-0.4, -0.2) is 9.97 Å². The van der Waals surface area contributed by atoms with E-state index < -0.39 is 0 Å². The van der Waals surface area contributed by atoms with Crippen molar-refractivity contribution >= 4 is 39.1 Å². The van der Waals surface area contributed by atoms with E-state index in [2.05, 4.69) is 36.5 Å². The largest absolute Gasteiger partial charge is 0.340 e. The first-order valence-electron chi connectivity index (χ1n) is 6.99. The number of halogens is 2. The fourth-order valence-electron chi connectivity index (χ4n) is 2.10. The van der Waals surface area contributed by atoms with Crippen molar-refractivity contribution < 1.29 is 4.39 Å². The number of nitrogens with one attached hydrogen (secondary N) is 2. The minimum atomic E-state index is -0.298. The third-order valence-corrected chi connectivity index (χ3v) is 3.53. The third-order valence-electron chi connectivity index (χ3n) is 3.03. The van der Waals surface area contributed by atoms with E-state index in [0.717, 1.165) is 15.9 Å². The van der Waals surface area contributed by atoms with Crippen molar-refractivity contribution in [2.24, 2.45) is 0 Å². The molecule has 3 aromatic rings. The van der Waals surface area contributed by atoms with Crippen molar-refractivity contribution in [1.82, 2.24) is 9.97 Å². The zero-order valence-corrected chi connectivity index (χ0v) is 13.9. The minimum absolute atomic E-state index is 0.298. The van der Waals surface area contributed by atoms with Crippen molar-refractivity contribution in [3.05, 3.63) is 70.6 Å². The molecule has 2 N–H and O–H groups in total. The van der Waals surface area contributed by atoms with Crippen LogP contribution in [0.2, 0.25) is 0 Å². The highest BCUT2D eigenvalue weighted by atomic mass is 79.9. The Balaban J connectivity index is 1.84. The molecule has 0 amide bonds. The highest BCUT2D eigenvalue weighted by Gasteiger charge is 2.04. The highest BCUT2D eigenvalue weighted by Crippen LogP contribution is 2.21. The van der Waals surface area contributed by atoms with Crippen molar-refractivity contribution in [2.45, 2.75) is 6.92 Å². The monoisotopic (exact) mass is 372 g/mol. The van der Waals surface area contributed by atoms with Gasteiger partial charge in [-0.1, -0.05) is 28.1 Å². The lowest BCUT2D eigenvalue weighted by Crippen LogP contribution is -2.02. The van der Waals surface area contributed by atoms with Gasteiger partial charge >= 0.3 is 0 Å². The summed E-state index contributed by atoms with van der Waals surface area (Å²) in [7, 11) is 0. The summed E-state index contributed by atoms with van der Waals surface area (Å²) in [6, 6.07) is 15.8. The van der Waals surface area contributed by atoms with Gasteiger partial charge in [-0.3, -0.25) is 0 Å². The van der Waals surface area contributed by atoms with E-state index in [0.29, 0.717) is 17.5 Å². The van der Waals surface area contributed by atoms with Crippen molar-refractivity contribution in [1.29, 1.82) is 0 Å². The number of hydrogen-bond acceptors (Lipinski definition) is 4. The summed E-state index contributed by atoms with van der Waals surface area (Å²) >= 11 is 3.43. The molecule has 0 atom stereocenters. The van der Waals surface area contributed by atoms with E-state index >= 15 is 0 Å². The summed E-state index contributed by atoms with van der Waals surface area (Å²) in [4.78, 5) is 8.78. The molecule has 0 bridgehead atoms. The lowest BCUT2D eigenvalue weighted by Gasteiger charge is -2.10. The second-order valence-electron chi connectivity index (χ2n) is 4.99. The Labute approximate surface area is 141 Å². The molecule has 0 unspecified atom stereocenters. The van der Waals surface area contributed by atoms with Gasteiger partial charge in [-0.15, -0.1) is 0 Å². The quantitative estimate of drug-likeness (QED) is 0.662. The Bertz CT molecular complexity index is 773. The number of aryl methyl sites for hydroxylation is 1. The molecule has 3 rings (SSSR count). The van der Waals surface area contributed by atoms with Crippen molar-refractivity contribution in [3.8, 4) is 0 Å². The molecule has 23 heavy (non-hydrogen) atoms. The van der Waals surface area contributed by atoms with Crippen LogP contribution in [-0.2, 0) is 0 Å². The number of rotatable bonds is 4. The Kier molecular flexibility index (Phi) is 4.52. The van der Waals surface area contributed by atoms with Gasteiger partial charge in [0, 0.05) is 27.6 Å². The number of aromatic nitrogens is 2. The maximum atomic E-state index is 13.3. The van der Waals surface area contributed by atoms with Crippen LogP contribution in [0.25, 0.3) is 0 Å². The van der Waals surface area contributed by atoms with Crippen LogP contribution in [0.15, 0.2) is 59.1 Å². The van der Waals surface area contributed by atoms with E-state index in [1.165, 1.54) is 12.1 Å². The molecule has 0 radical (unpaired) electrons.